The Labute approximate surface area is 87.2 Å². The van der Waals surface area contributed by atoms with Crippen molar-refractivity contribution >= 4 is 0 Å². The molecule has 0 aromatic rings. The van der Waals surface area contributed by atoms with Crippen molar-refractivity contribution in [3.63, 3.8) is 0 Å². The zero-order valence-electron chi connectivity index (χ0n) is 9.58. The van der Waals surface area contributed by atoms with Crippen LogP contribution in [0.1, 0.15) is 20.3 Å². The largest absolute Gasteiger partial charge is 0.381 e. The van der Waals surface area contributed by atoms with Crippen LogP contribution in [0.3, 0.4) is 0 Å². The van der Waals surface area contributed by atoms with E-state index < -0.39 is 0 Å². The van der Waals surface area contributed by atoms with Gasteiger partial charge in [0, 0.05) is 18.6 Å². The molecule has 0 bridgehead atoms. The Kier molecular flexibility index (Phi) is 5.45. The molecule has 1 aliphatic heterocycles. The second-order valence-corrected chi connectivity index (χ2v) is 4.41. The average Bonchev–Trinajstić information content (AvgIpc) is 2.64. The predicted octanol–water partition coefficient (Wildman–Crippen LogP) is 1.28. The van der Waals surface area contributed by atoms with Crippen molar-refractivity contribution in [2.45, 2.75) is 26.3 Å². The van der Waals surface area contributed by atoms with Gasteiger partial charge in [-0.05, 0) is 19.4 Å². The highest BCUT2D eigenvalue weighted by molar-refractivity contribution is 4.68. The van der Waals surface area contributed by atoms with Gasteiger partial charge in [0.05, 0.1) is 19.8 Å². The summed E-state index contributed by atoms with van der Waals surface area (Å²) in [5.41, 5.74) is 0. The molecule has 1 fully saturated rings. The zero-order valence-corrected chi connectivity index (χ0v) is 9.58. The lowest BCUT2D eigenvalue weighted by Crippen LogP contribution is -2.35. The lowest BCUT2D eigenvalue weighted by molar-refractivity contribution is 0.0673. The number of hydrogen-bond donors (Lipinski definition) is 1. The third kappa shape index (κ3) is 3.95. The molecule has 2 unspecified atom stereocenters. The van der Waals surface area contributed by atoms with Crippen molar-refractivity contribution in [3.8, 4) is 0 Å². The van der Waals surface area contributed by atoms with E-state index in [0.29, 0.717) is 17.9 Å². The van der Waals surface area contributed by atoms with Gasteiger partial charge in [-0.2, -0.15) is 0 Å². The SMILES string of the molecule is CNC(COCC1CCOC1)C(C)C. The molecule has 1 rings (SSSR count). The number of rotatable bonds is 6. The highest BCUT2D eigenvalue weighted by atomic mass is 16.5. The molecule has 1 saturated heterocycles. The average molecular weight is 201 g/mol. The third-order valence-electron chi connectivity index (χ3n) is 2.85. The van der Waals surface area contributed by atoms with Crippen molar-refractivity contribution in [3.05, 3.63) is 0 Å². The molecule has 14 heavy (non-hydrogen) atoms. The van der Waals surface area contributed by atoms with Crippen LogP contribution in [0.4, 0.5) is 0 Å². The van der Waals surface area contributed by atoms with Gasteiger partial charge in [0.1, 0.15) is 0 Å². The van der Waals surface area contributed by atoms with Crippen molar-refractivity contribution in [2.75, 3.05) is 33.5 Å². The quantitative estimate of drug-likeness (QED) is 0.702. The fraction of sp³-hybridized carbons (Fsp3) is 1.00. The molecule has 1 aliphatic rings. The molecule has 0 amide bonds. The minimum absolute atomic E-state index is 0.470. The summed E-state index contributed by atoms with van der Waals surface area (Å²) in [5, 5.41) is 3.27. The second-order valence-electron chi connectivity index (χ2n) is 4.41. The smallest absolute Gasteiger partial charge is 0.0622 e. The first-order valence-corrected chi connectivity index (χ1v) is 5.56. The Hall–Kier alpha value is -0.120. The Morgan fingerprint density at radius 2 is 2.29 bits per heavy atom. The van der Waals surface area contributed by atoms with Gasteiger partial charge in [-0.3, -0.25) is 0 Å². The molecular weight excluding hydrogens is 178 g/mol. The van der Waals surface area contributed by atoms with Crippen LogP contribution >= 0.6 is 0 Å². The van der Waals surface area contributed by atoms with Gasteiger partial charge >= 0.3 is 0 Å². The standard InChI is InChI=1S/C11H23NO2/c1-9(2)11(12-3)8-14-7-10-4-5-13-6-10/h9-12H,4-8H2,1-3H3. The minimum Gasteiger partial charge on any atom is -0.381 e. The number of hydrogen-bond acceptors (Lipinski definition) is 3. The van der Waals surface area contributed by atoms with Gasteiger partial charge in [-0.1, -0.05) is 13.8 Å². The number of likely N-dealkylation sites (N-methyl/N-ethyl adjacent to an activating group) is 1. The molecule has 1 N–H and O–H groups in total. The maximum Gasteiger partial charge on any atom is 0.0622 e. The van der Waals surface area contributed by atoms with Crippen LogP contribution in [0.2, 0.25) is 0 Å². The molecule has 0 aromatic carbocycles. The predicted molar refractivity (Wildman–Crippen MR) is 57.4 cm³/mol. The molecule has 3 nitrogen and oxygen atoms in total. The van der Waals surface area contributed by atoms with Gasteiger partial charge in [0.25, 0.3) is 0 Å². The lowest BCUT2D eigenvalue weighted by Gasteiger charge is -2.20. The maximum atomic E-state index is 5.69. The van der Waals surface area contributed by atoms with Crippen molar-refractivity contribution in [1.82, 2.24) is 5.32 Å². The molecule has 3 heteroatoms. The highest BCUT2D eigenvalue weighted by Crippen LogP contribution is 2.12. The van der Waals surface area contributed by atoms with E-state index in [-0.39, 0.29) is 0 Å². The topological polar surface area (TPSA) is 30.5 Å². The van der Waals surface area contributed by atoms with Crippen molar-refractivity contribution in [1.29, 1.82) is 0 Å². The van der Waals surface area contributed by atoms with Crippen molar-refractivity contribution in [2.24, 2.45) is 11.8 Å². The third-order valence-corrected chi connectivity index (χ3v) is 2.85. The van der Waals surface area contributed by atoms with Crippen LogP contribution in [-0.2, 0) is 9.47 Å². The molecular formula is C11H23NO2. The first-order valence-electron chi connectivity index (χ1n) is 5.56. The maximum absolute atomic E-state index is 5.69. The van der Waals surface area contributed by atoms with Crippen LogP contribution in [0.5, 0.6) is 0 Å². The monoisotopic (exact) mass is 201 g/mol. The summed E-state index contributed by atoms with van der Waals surface area (Å²) in [7, 11) is 1.99. The Morgan fingerprint density at radius 1 is 1.50 bits per heavy atom. The van der Waals surface area contributed by atoms with Gasteiger partial charge < -0.3 is 14.8 Å². The fourth-order valence-electron chi connectivity index (χ4n) is 1.69. The molecule has 0 aromatic heterocycles. The normalized spacial score (nSPS) is 24.4. The van der Waals surface area contributed by atoms with Crippen LogP contribution in [0, 0.1) is 11.8 Å². The van der Waals surface area contributed by atoms with Crippen LogP contribution in [0.15, 0.2) is 0 Å². The summed E-state index contributed by atoms with van der Waals surface area (Å²) < 4.78 is 11.0. The molecule has 84 valence electrons. The Morgan fingerprint density at radius 3 is 2.79 bits per heavy atom. The van der Waals surface area contributed by atoms with Gasteiger partial charge in [-0.25, -0.2) is 0 Å². The molecule has 1 heterocycles. The summed E-state index contributed by atoms with van der Waals surface area (Å²) in [6.07, 6.45) is 1.16. The minimum atomic E-state index is 0.470. The number of nitrogens with one attached hydrogen (secondary N) is 1. The van der Waals surface area contributed by atoms with E-state index in [0.717, 1.165) is 32.8 Å². The first-order chi connectivity index (χ1) is 6.74. The van der Waals surface area contributed by atoms with E-state index in [2.05, 4.69) is 19.2 Å². The molecule has 0 aliphatic carbocycles. The van der Waals surface area contributed by atoms with Crippen LogP contribution in [0.25, 0.3) is 0 Å². The molecule has 0 spiro atoms. The lowest BCUT2D eigenvalue weighted by atomic mass is 10.1. The summed E-state index contributed by atoms with van der Waals surface area (Å²) in [4.78, 5) is 0. The van der Waals surface area contributed by atoms with Gasteiger partial charge in [0.15, 0.2) is 0 Å². The summed E-state index contributed by atoms with van der Waals surface area (Å²) in [6.45, 7) is 7.88. The zero-order chi connectivity index (χ0) is 10.4. The molecule has 2 atom stereocenters. The second kappa shape index (κ2) is 6.38. The summed E-state index contributed by atoms with van der Waals surface area (Å²) >= 11 is 0. The van der Waals surface area contributed by atoms with E-state index in [9.17, 15) is 0 Å². The summed E-state index contributed by atoms with van der Waals surface area (Å²) in [5.74, 6) is 1.25. The van der Waals surface area contributed by atoms with E-state index >= 15 is 0 Å². The molecule has 0 saturated carbocycles. The van der Waals surface area contributed by atoms with E-state index in [1.165, 1.54) is 0 Å². The van der Waals surface area contributed by atoms with Gasteiger partial charge in [0.2, 0.25) is 0 Å². The number of ether oxygens (including phenoxy) is 2. The summed E-state index contributed by atoms with van der Waals surface area (Å²) in [6, 6.07) is 0.470. The fourth-order valence-corrected chi connectivity index (χ4v) is 1.69. The van der Waals surface area contributed by atoms with Crippen LogP contribution in [-0.4, -0.2) is 39.5 Å². The molecule has 0 radical (unpaired) electrons. The van der Waals surface area contributed by atoms with Crippen LogP contribution < -0.4 is 5.32 Å². The van der Waals surface area contributed by atoms with E-state index in [1.54, 1.807) is 0 Å². The first kappa shape index (κ1) is 12.0. The Bertz CT molecular complexity index is 144. The Balaban J connectivity index is 2.06. The highest BCUT2D eigenvalue weighted by Gasteiger charge is 2.17. The van der Waals surface area contributed by atoms with Crippen molar-refractivity contribution < 1.29 is 9.47 Å². The van der Waals surface area contributed by atoms with E-state index in [1.807, 2.05) is 7.05 Å². The van der Waals surface area contributed by atoms with E-state index in [4.69, 9.17) is 9.47 Å². The van der Waals surface area contributed by atoms with Gasteiger partial charge in [-0.15, -0.1) is 0 Å².